The lowest BCUT2D eigenvalue weighted by atomic mass is 9.56. The van der Waals surface area contributed by atoms with Crippen molar-refractivity contribution in [3.8, 4) is 0 Å². The van der Waals surface area contributed by atoms with Crippen molar-refractivity contribution < 1.29 is 9.84 Å². The van der Waals surface area contributed by atoms with Crippen LogP contribution in [0, 0.1) is 45.8 Å². The second-order valence-electron chi connectivity index (χ2n) is 14.5. The Balaban J connectivity index is 1.21. The van der Waals surface area contributed by atoms with Gasteiger partial charge in [-0.1, -0.05) is 39.3 Å². The van der Waals surface area contributed by atoms with Gasteiger partial charge < -0.3 is 15.6 Å². The molecule has 0 bridgehead atoms. The van der Waals surface area contributed by atoms with Crippen LogP contribution < -0.4 is 5.73 Å². The van der Waals surface area contributed by atoms with Crippen LogP contribution in [0.25, 0.3) is 0 Å². The van der Waals surface area contributed by atoms with Gasteiger partial charge in [-0.25, -0.2) is 0 Å². The predicted octanol–water partition coefficient (Wildman–Crippen LogP) is 4.75. The van der Waals surface area contributed by atoms with Crippen molar-refractivity contribution in [2.45, 2.75) is 109 Å². The number of piperidine rings is 1. The third-order valence-corrected chi connectivity index (χ3v) is 13.4. The highest BCUT2D eigenvalue weighted by Gasteiger charge is 2.84. The van der Waals surface area contributed by atoms with Crippen molar-refractivity contribution in [2.75, 3.05) is 19.6 Å². The van der Waals surface area contributed by atoms with Crippen LogP contribution in [-0.2, 0) is 4.74 Å². The highest BCUT2D eigenvalue weighted by Crippen LogP contribution is 2.87. The summed E-state index contributed by atoms with van der Waals surface area (Å²) >= 11 is 0. The monoisotopic (exact) mass is 468 g/mol. The largest absolute Gasteiger partial charge is 0.393 e. The number of likely N-dealkylation sites (tertiary alicyclic amines) is 1. The number of ether oxygens (including phenoxy) is 1. The van der Waals surface area contributed by atoms with Gasteiger partial charge in [0.15, 0.2) is 0 Å². The summed E-state index contributed by atoms with van der Waals surface area (Å²) in [6.45, 7) is 13.1. The number of hydrogen-bond acceptors (Lipinski definition) is 4. The van der Waals surface area contributed by atoms with E-state index in [1.54, 1.807) is 5.57 Å². The van der Waals surface area contributed by atoms with Gasteiger partial charge in [0.05, 0.1) is 17.8 Å². The summed E-state index contributed by atoms with van der Waals surface area (Å²) in [5.41, 5.74) is 8.89. The summed E-state index contributed by atoms with van der Waals surface area (Å²) in [4.78, 5) is 2.71. The Morgan fingerprint density at radius 2 is 2.00 bits per heavy atom. The highest BCUT2D eigenvalue weighted by atomic mass is 16.5. The Labute approximate surface area is 207 Å². The average molecular weight is 469 g/mol. The number of aliphatic hydroxyl groups excluding tert-OH is 1. The molecular formula is C30H48N2O2. The fraction of sp³-hybridized carbons (Fsp3) is 0.933. The van der Waals surface area contributed by atoms with Gasteiger partial charge in [-0.15, -0.1) is 0 Å². The van der Waals surface area contributed by atoms with Crippen molar-refractivity contribution >= 4 is 0 Å². The first-order valence-corrected chi connectivity index (χ1v) is 14.7. The van der Waals surface area contributed by atoms with Crippen molar-refractivity contribution in [3.63, 3.8) is 0 Å². The van der Waals surface area contributed by atoms with Crippen LogP contribution in [0.3, 0.4) is 0 Å². The summed E-state index contributed by atoms with van der Waals surface area (Å²) < 4.78 is 7.38. The molecule has 2 aliphatic heterocycles. The third kappa shape index (κ3) is 2.55. The van der Waals surface area contributed by atoms with E-state index in [0.717, 1.165) is 43.7 Å². The van der Waals surface area contributed by atoms with Crippen molar-refractivity contribution in [1.82, 2.24) is 4.90 Å². The molecule has 8 unspecified atom stereocenters. The molecule has 4 saturated carbocycles. The average Bonchev–Trinajstić information content (AvgIpc) is 3.13. The van der Waals surface area contributed by atoms with E-state index < -0.39 is 0 Å². The van der Waals surface area contributed by atoms with Crippen LogP contribution >= 0.6 is 0 Å². The molecule has 4 nitrogen and oxygen atoms in total. The molecule has 0 radical (unpaired) electrons. The van der Waals surface area contributed by atoms with Gasteiger partial charge in [0.1, 0.15) is 0 Å². The molecule has 7 aliphatic rings. The number of allylic oxidation sites excluding steroid dienone is 1. The van der Waals surface area contributed by atoms with Gasteiger partial charge in [0.2, 0.25) is 0 Å². The molecule has 12 atom stereocenters. The zero-order valence-corrected chi connectivity index (χ0v) is 22.1. The molecule has 0 aromatic rings. The van der Waals surface area contributed by atoms with E-state index in [2.05, 4.69) is 38.7 Å². The van der Waals surface area contributed by atoms with Gasteiger partial charge in [-0.3, -0.25) is 4.90 Å². The van der Waals surface area contributed by atoms with E-state index >= 15 is 0 Å². The van der Waals surface area contributed by atoms with E-state index in [9.17, 15) is 5.11 Å². The predicted molar refractivity (Wildman–Crippen MR) is 135 cm³/mol. The summed E-state index contributed by atoms with van der Waals surface area (Å²) in [6.07, 6.45) is 13.9. The van der Waals surface area contributed by atoms with Crippen LogP contribution in [0.4, 0.5) is 0 Å². The first-order valence-electron chi connectivity index (χ1n) is 14.7. The standard InChI is InChI=1S/C30H48N2O2/c1-18-13-25-26(32(16-18)12-11-31)19(2)30(34-25)10-8-23-22-6-5-20-14-21(33)7-9-27(20,3)24(22)15-29(23)17-28(29,30)4/h5,18-19,21-26,33H,6-17,31H2,1-4H3/t18-,19+,21?,22-,23?,24-,25?,26?,27?,28?,29?,30?/m0/s1. The Kier molecular flexibility index (Phi) is 4.76. The lowest BCUT2D eigenvalue weighted by molar-refractivity contribution is -0.148. The zero-order valence-electron chi connectivity index (χ0n) is 22.1. The number of nitrogens with two attached hydrogens (primary N) is 1. The van der Waals surface area contributed by atoms with E-state index in [1.807, 2.05) is 0 Å². The summed E-state index contributed by atoms with van der Waals surface area (Å²) in [6, 6.07) is 0.556. The molecule has 34 heavy (non-hydrogen) atoms. The van der Waals surface area contributed by atoms with Crippen LogP contribution in [0.5, 0.6) is 0 Å². The minimum Gasteiger partial charge on any atom is -0.393 e. The fourth-order valence-electron chi connectivity index (χ4n) is 11.9. The maximum Gasteiger partial charge on any atom is 0.0787 e. The van der Waals surface area contributed by atoms with Gasteiger partial charge in [0, 0.05) is 37.0 Å². The lowest BCUT2D eigenvalue weighted by Crippen LogP contribution is -2.55. The van der Waals surface area contributed by atoms with E-state index in [4.69, 9.17) is 10.5 Å². The fourth-order valence-corrected chi connectivity index (χ4v) is 11.9. The lowest BCUT2D eigenvalue weighted by Gasteiger charge is -2.50. The highest BCUT2D eigenvalue weighted by molar-refractivity contribution is 5.36. The summed E-state index contributed by atoms with van der Waals surface area (Å²) in [7, 11) is 0. The molecule has 0 amide bonds. The molecule has 7 rings (SSSR count). The van der Waals surface area contributed by atoms with E-state index in [-0.39, 0.29) is 11.7 Å². The summed E-state index contributed by atoms with van der Waals surface area (Å²) in [5, 5.41) is 10.4. The molecule has 2 spiro atoms. The Bertz CT molecular complexity index is 904. The van der Waals surface area contributed by atoms with Crippen LogP contribution in [0.1, 0.15) is 85.5 Å². The molecule has 0 aromatic heterocycles. The Morgan fingerprint density at radius 3 is 2.79 bits per heavy atom. The Hall–Kier alpha value is -0.420. The molecular weight excluding hydrogens is 420 g/mol. The number of hydrogen-bond donors (Lipinski definition) is 2. The van der Waals surface area contributed by atoms with Gasteiger partial charge in [0.25, 0.3) is 0 Å². The van der Waals surface area contributed by atoms with Crippen molar-refractivity contribution in [2.24, 2.45) is 51.6 Å². The van der Waals surface area contributed by atoms with E-state index in [0.29, 0.717) is 40.2 Å². The number of nitrogens with zero attached hydrogens (tertiary/aromatic N) is 1. The van der Waals surface area contributed by atoms with Gasteiger partial charge in [-0.05, 0) is 92.3 Å². The molecule has 2 heterocycles. The van der Waals surface area contributed by atoms with Crippen molar-refractivity contribution in [3.05, 3.63) is 11.6 Å². The molecule has 190 valence electrons. The molecule has 5 aliphatic carbocycles. The maximum absolute atomic E-state index is 10.4. The smallest absolute Gasteiger partial charge is 0.0787 e. The number of aliphatic hydroxyl groups is 1. The van der Waals surface area contributed by atoms with Crippen LogP contribution in [-0.4, -0.2) is 53.5 Å². The number of rotatable bonds is 2. The first kappa shape index (κ1) is 22.8. The molecule has 0 aromatic carbocycles. The molecule has 4 heteroatoms. The third-order valence-electron chi connectivity index (χ3n) is 13.4. The topological polar surface area (TPSA) is 58.7 Å². The van der Waals surface area contributed by atoms with E-state index in [1.165, 1.54) is 51.5 Å². The van der Waals surface area contributed by atoms with Gasteiger partial charge >= 0.3 is 0 Å². The second-order valence-corrected chi connectivity index (χ2v) is 14.5. The minimum absolute atomic E-state index is 0.0587. The van der Waals surface area contributed by atoms with Crippen LogP contribution in [0.2, 0.25) is 0 Å². The molecule has 6 fully saturated rings. The SMILES string of the molecule is C[C@H]1CC2OC3(CCC4[C@@H]5CC=C6CC(O)CCC6(C)[C@H]5CC45CC53C)[C@H](C)C2N(CCN)C1. The number of fused-ring (bicyclic) bond motifs is 6. The van der Waals surface area contributed by atoms with Crippen LogP contribution in [0.15, 0.2) is 11.6 Å². The minimum atomic E-state index is -0.109. The molecule has 3 N–H and O–H groups in total. The normalized spacial score (nSPS) is 60.1. The van der Waals surface area contributed by atoms with Crippen molar-refractivity contribution in [1.29, 1.82) is 0 Å². The maximum atomic E-state index is 10.4. The second kappa shape index (κ2) is 7.11. The summed E-state index contributed by atoms with van der Waals surface area (Å²) in [5.74, 6) is 3.85. The van der Waals surface area contributed by atoms with Gasteiger partial charge in [-0.2, -0.15) is 0 Å². The molecule has 2 saturated heterocycles. The quantitative estimate of drug-likeness (QED) is 0.574. The zero-order chi connectivity index (χ0) is 23.7. The first-order chi connectivity index (χ1) is 16.2. The Morgan fingerprint density at radius 1 is 1.18 bits per heavy atom.